The molecule has 0 aliphatic carbocycles. The quantitative estimate of drug-likeness (QED) is 0.697. The van der Waals surface area contributed by atoms with E-state index in [1.165, 1.54) is 0 Å². The van der Waals surface area contributed by atoms with Crippen LogP contribution in [-0.4, -0.2) is 23.1 Å². The Hall–Kier alpha value is -1.16. The molecule has 0 fully saturated rings. The van der Waals surface area contributed by atoms with Crippen molar-refractivity contribution in [2.45, 2.75) is 33.1 Å². The maximum atomic E-state index is 5.41. The third-order valence-electron chi connectivity index (χ3n) is 2.39. The van der Waals surface area contributed by atoms with Crippen LogP contribution >= 0.6 is 0 Å². The highest BCUT2D eigenvalue weighted by atomic mass is 15.1. The molecule has 0 saturated carbocycles. The van der Waals surface area contributed by atoms with Gasteiger partial charge in [-0.2, -0.15) is 0 Å². The molecule has 1 aromatic rings. The average molecular weight is 208 g/mol. The van der Waals surface area contributed by atoms with Crippen molar-refractivity contribution in [2.75, 3.05) is 18.4 Å². The normalized spacial score (nSPS) is 10.3. The summed E-state index contributed by atoms with van der Waals surface area (Å²) in [6.07, 6.45) is 5.22. The molecule has 0 saturated heterocycles. The Morgan fingerprint density at radius 2 is 2.07 bits per heavy atom. The molecule has 4 nitrogen and oxygen atoms in total. The van der Waals surface area contributed by atoms with Crippen LogP contribution in [-0.2, 0) is 0 Å². The summed E-state index contributed by atoms with van der Waals surface area (Å²) in [5.41, 5.74) is 7.58. The molecule has 0 aliphatic heterocycles. The smallest absolute Gasteiger partial charge is 0.222 e. The Morgan fingerprint density at radius 3 is 2.73 bits per heavy atom. The number of aromatic nitrogens is 2. The largest absolute Gasteiger partial charge is 0.354 e. The first-order valence-electron chi connectivity index (χ1n) is 5.48. The lowest BCUT2D eigenvalue weighted by Gasteiger charge is -2.05. The summed E-state index contributed by atoms with van der Waals surface area (Å²) >= 11 is 0. The van der Waals surface area contributed by atoms with E-state index in [0.717, 1.165) is 49.6 Å². The first kappa shape index (κ1) is 11.9. The third-order valence-corrected chi connectivity index (χ3v) is 2.39. The molecule has 0 bridgehead atoms. The van der Waals surface area contributed by atoms with Crippen LogP contribution in [0.25, 0.3) is 0 Å². The molecule has 0 unspecified atom stereocenters. The summed E-state index contributed by atoms with van der Waals surface area (Å²) in [6, 6.07) is 0. The summed E-state index contributed by atoms with van der Waals surface area (Å²) < 4.78 is 0. The summed E-state index contributed by atoms with van der Waals surface area (Å²) in [5, 5.41) is 3.21. The molecule has 3 N–H and O–H groups in total. The molecule has 0 aliphatic rings. The monoisotopic (exact) mass is 208 g/mol. The minimum absolute atomic E-state index is 0.728. The molecule has 1 aromatic heterocycles. The lowest BCUT2D eigenvalue weighted by molar-refractivity contribution is 0.705. The zero-order valence-electron chi connectivity index (χ0n) is 9.58. The molecular weight excluding hydrogens is 188 g/mol. The van der Waals surface area contributed by atoms with Crippen LogP contribution in [0.15, 0.2) is 6.20 Å². The zero-order valence-corrected chi connectivity index (χ0v) is 9.58. The second-order valence-electron chi connectivity index (χ2n) is 3.74. The maximum absolute atomic E-state index is 5.41. The molecule has 0 amide bonds. The lowest BCUT2D eigenvalue weighted by Crippen LogP contribution is -2.07. The van der Waals surface area contributed by atoms with E-state index in [9.17, 15) is 0 Å². The SMILES string of the molecule is Cc1cnc(NCCCCCN)nc1C. The number of unbranched alkanes of at least 4 members (excludes halogenated alkanes) is 2. The van der Waals surface area contributed by atoms with Gasteiger partial charge in [-0.05, 0) is 38.8 Å². The molecule has 1 rings (SSSR count). The number of nitrogens with two attached hydrogens (primary N) is 1. The first-order valence-corrected chi connectivity index (χ1v) is 5.48. The van der Waals surface area contributed by atoms with E-state index in [2.05, 4.69) is 15.3 Å². The molecule has 0 spiro atoms. The van der Waals surface area contributed by atoms with Gasteiger partial charge in [-0.1, -0.05) is 6.42 Å². The summed E-state index contributed by atoms with van der Waals surface area (Å²) in [7, 11) is 0. The summed E-state index contributed by atoms with van der Waals surface area (Å²) in [5.74, 6) is 0.728. The second-order valence-corrected chi connectivity index (χ2v) is 3.74. The Morgan fingerprint density at radius 1 is 1.27 bits per heavy atom. The molecule has 0 radical (unpaired) electrons. The maximum Gasteiger partial charge on any atom is 0.222 e. The fourth-order valence-corrected chi connectivity index (χ4v) is 1.26. The van der Waals surface area contributed by atoms with Crippen LogP contribution in [0, 0.1) is 13.8 Å². The highest BCUT2D eigenvalue weighted by Gasteiger charge is 1.98. The van der Waals surface area contributed by atoms with Gasteiger partial charge >= 0.3 is 0 Å². The van der Waals surface area contributed by atoms with Crippen molar-refractivity contribution in [3.8, 4) is 0 Å². The highest BCUT2D eigenvalue weighted by Crippen LogP contribution is 2.05. The Balaban J connectivity index is 2.28. The van der Waals surface area contributed by atoms with E-state index >= 15 is 0 Å². The standard InChI is InChI=1S/C11H20N4/c1-9-8-14-11(15-10(9)2)13-7-5-3-4-6-12/h8H,3-7,12H2,1-2H3,(H,13,14,15). The van der Waals surface area contributed by atoms with E-state index in [1.807, 2.05) is 20.0 Å². The van der Waals surface area contributed by atoms with Crippen LogP contribution in [0.1, 0.15) is 30.5 Å². The van der Waals surface area contributed by atoms with Crippen molar-refractivity contribution < 1.29 is 0 Å². The summed E-state index contributed by atoms with van der Waals surface area (Å²) in [6.45, 7) is 5.71. The Labute approximate surface area is 91.3 Å². The van der Waals surface area contributed by atoms with Gasteiger partial charge in [0.05, 0.1) is 0 Å². The number of hydrogen-bond donors (Lipinski definition) is 2. The summed E-state index contributed by atoms with van der Waals surface area (Å²) in [4.78, 5) is 8.55. The van der Waals surface area contributed by atoms with Gasteiger partial charge < -0.3 is 11.1 Å². The van der Waals surface area contributed by atoms with Crippen LogP contribution in [0.5, 0.6) is 0 Å². The first-order chi connectivity index (χ1) is 7.24. The van der Waals surface area contributed by atoms with Gasteiger partial charge in [0, 0.05) is 18.4 Å². The van der Waals surface area contributed by atoms with Crippen molar-refractivity contribution in [1.82, 2.24) is 9.97 Å². The predicted octanol–water partition coefficient (Wildman–Crippen LogP) is 1.63. The average Bonchev–Trinajstić information content (AvgIpc) is 2.23. The number of rotatable bonds is 6. The van der Waals surface area contributed by atoms with Gasteiger partial charge in [-0.25, -0.2) is 9.97 Å². The van der Waals surface area contributed by atoms with Gasteiger partial charge in [-0.3, -0.25) is 0 Å². The predicted molar refractivity (Wildman–Crippen MR) is 62.9 cm³/mol. The number of nitrogens with one attached hydrogen (secondary N) is 1. The molecule has 84 valence electrons. The molecule has 15 heavy (non-hydrogen) atoms. The highest BCUT2D eigenvalue weighted by molar-refractivity contribution is 5.28. The fourth-order valence-electron chi connectivity index (χ4n) is 1.26. The third kappa shape index (κ3) is 4.25. The zero-order chi connectivity index (χ0) is 11.1. The molecule has 1 heterocycles. The molecular formula is C11H20N4. The Bertz CT molecular complexity index is 299. The molecule has 4 heteroatoms. The van der Waals surface area contributed by atoms with Gasteiger partial charge in [0.25, 0.3) is 0 Å². The topological polar surface area (TPSA) is 63.8 Å². The van der Waals surface area contributed by atoms with Crippen molar-refractivity contribution in [1.29, 1.82) is 0 Å². The van der Waals surface area contributed by atoms with Crippen LogP contribution in [0.4, 0.5) is 5.95 Å². The molecule has 0 aromatic carbocycles. The fraction of sp³-hybridized carbons (Fsp3) is 0.636. The van der Waals surface area contributed by atoms with E-state index in [-0.39, 0.29) is 0 Å². The van der Waals surface area contributed by atoms with Gasteiger partial charge in [0.1, 0.15) is 0 Å². The van der Waals surface area contributed by atoms with E-state index < -0.39 is 0 Å². The van der Waals surface area contributed by atoms with E-state index in [0.29, 0.717) is 0 Å². The minimum atomic E-state index is 0.728. The Kier molecular flexibility index (Phi) is 5.04. The van der Waals surface area contributed by atoms with Crippen molar-refractivity contribution in [3.63, 3.8) is 0 Å². The van der Waals surface area contributed by atoms with Crippen LogP contribution < -0.4 is 11.1 Å². The van der Waals surface area contributed by atoms with E-state index in [1.54, 1.807) is 0 Å². The number of nitrogens with zero attached hydrogens (tertiary/aromatic N) is 2. The van der Waals surface area contributed by atoms with Crippen molar-refractivity contribution >= 4 is 5.95 Å². The van der Waals surface area contributed by atoms with Crippen LogP contribution in [0.2, 0.25) is 0 Å². The van der Waals surface area contributed by atoms with Gasteiger partial charge in [0.2, 0.25) is 5.95 Å². The number of aryl methyl sites for hydroxylation is 2. The van der Waals surface area contributed by atoms with Gasteiger partial charge in [-0.15, -0.1) is 0 Å². The van der Waals surface area contributed by atoms with E-state index in [4.69, 9.17) is 5.73 Å². The molecule has 0 atom stereocenters. The van der Waals surface area contributed by atoms with Crippen molar-refractivity contribution in [2.24, 2.45) is 5.73 Å². The number of anilines is 1. The number of hydrogen-bond acceptors (Lipinski definition) is 4. The van der Waals surface area contributed by atoms with Gasteiger partial charge in [0.15, 0.2) is 0 Å². The second kappa shape index (κ2) is 6.35. The minimum Gasteiger partial charge on any atom is -0.354 e. The van der Waals surface area contributed by atoms with Crippen molar-refractivity contribution in [3.05, 3.63) is 17.5 Å². The van der Waals surface area contributed by atoms with Crippen LogP contribution in [0.3, 0.4) is 0 Å². The lowest BCUT2D eigenvalue weighted by atomic mass is 10.2.